The molecule has 2 nitrogen and oxygen atoms in total. The summed E-state index contributed by atoms with van der Waals surface area (Å²) in [6.07, 6.45) is 3.80. The maximum Gasteiger partial charge on any atom is 0.257 e. The van der Waals surface area contributed by atoms with Crippen LogP contribution in [0.5, 0.6) is 0 Å². The van der Waals surface area contributed by atoms with Gasteiger partial charge >= 0.3 is 0 Å². The third kappa shape index (κ3) is 3.48. The summed E-state index contributed by atoms with van der Waals surface area (Å²) in [5, 5.41) is 0. The van der Waals surface area contributed by atoms with Crippen molar-refractivity contribution in [2.45, 2.75) is 31.7 Å². The summed E-state index contributed by atoms with van der Waals surface area (Å²) in [5.74, 6) is -0.175. The number of piperidine rings is 1. The molecule has 0 radical (unpaired) electrons. The fourth-order valence-corrected chi connectivity index (χ4v) is 3.10. The van der Waals surface area contributed by atoms with Gasteiger partial charge < -0.3 is 4.90 Å². The molecule has 0 aromatic heterocycles. The van der Waals surface area contributed by atoms with Gasteiger partial charge in [-0.05, 0) is 43.9 Å². The predicted octanol–water partition coefficient (Wildman–Crippen LogP) is 4.21. The molecule has 0 saturated carbocycles. The van der Waals surface area contributed by atoms with Gasteiger partial charge in [0, 0.05) is 22.9 Å². The van der Waals surface area contributed by atoms with Crippen molar-refractivity contribution in [2.24, 2.45) is 0 Å². The van der Waals surface area contributed by atoms with Crippen molar-refractivity contribution in [1.29, 1.82) is 0 Å². The summed E-state index contributed by atoms with van der Waals surface area (Å²) < 4.78 is 14.5. The lowest BCUT2D eigenvalue weighted by molar-refractivity contribution is 0.0604. The lowest BCUT2D eigenvalue weighted by Crippen LogP contribution is -2.44. The maximum absolute atomic E-state index is 13.9. The molecule has 5 heteroatoms. The highest BCUT2D eigenvalue weighted by atomic mass is 79.9. The number of amides is 1. The lowest BCUT2D eigenvalue weighted by Gasteiger charge is -2.35. The zero-order chi connectivity index (χ0) is 13.8. The molecular formula is C14H16BrClFNO. The topological polar surface area (TPSA) is 20.3 Å². The number of hydrogen-bond donors (Lipinski definition) is 0. The van der Waals surface area contributed by atoms with Gasteiger partial charge in [0.25, 0.3) is 5.91 Å². The maximum atomic E-state index is 13.9. The molecule has 0 N–H and O–H groups in total. The summed E-state index contributed by atoms with van der Waals surface area (Å²) in [7, 11) is 0. The van der Waals surface area contributed by atoms with Gasteiger partial charge in [-0.1, -0.05) is 15.9 Å². The Hall–Kier alpha value is -0.610. The number of carbonyl (C=O) groups excluding carboxylic acids is 1. The van der Waals surface area contributed by atoms with Crippen LogP contribution in [0.15, 0.2) is 22.7 Å². The second kappa shape index (κ2) is 6.71. The minimum atomic E-state index is -0.477. The minimum Gasteiger partial charge on any atom is -0.336 e. The zero-order valence-corrected chi connectivity index (χ0v) is 12.9. The lowest BCUT2D eigenvalue weighted by atomic mass is 9.98. The van der Waals surface area contributed by atoms with Crippen molar-refractivity contribution in [2.75, 3.05) is 12.4 Å². The van der Waals surface area contributed by atoms with Gasteiger partial charge in [0.05, 0.1) is 5.56 Å². The van der Waals surface area contributed by atoms with E-state index in [9.17, 15) is 9.18 Å². The van der Waals surface area contributed by atoms with Crippen molar-refractivity contribution in [1.82, 2.24) is 4.90 Å². The largest absolute Gasteiger partial charge is 0.336 e. The second-order valence-corrected chi connectivity index (χ2v) is 6.04. The van der Waals surface area contributed by atoms with Crippen LogP contribution in [0.4, 0.5) is 4.39 Å². The highest BCUT2D eigenvalue weighted by molar-refractivity contribution is 9.10. The SMILES string of the molecule is O=C(c1ccc(Br)cc1F)N1CCCCC1CCCl. The standard InChI is InChI=1S/C14H16BrClFNO/c15-10-4-5-12(13(17)9-10)14(19)18-8-2-1-3-11(18)6-7-16/h4-5,9,11H,1-3,6-8H2. The van der Waals surface area contributed by atoms with E-state index in [0.29, 0.717) is 16.9 Å². The monoisotopic (exact) mass is 347 g/mol. The Kier molecular flexibility index (Phi) is 5.22. The molecule has 1 heterocycles. The first-order valence-electron chi connectivity index (χ1n) is 6.45. The van der Waals surface area contributed by atoms with Gasteiger partial charge in [-0.2, -0.15) is 0 Å². The number of halogens is 3. The van der Waals surface area contributed by atoms with Crippen LogP contribution in [0.3, 0.4) is 0 Å². The van der Waals surface area contributed by atoms with Crippen LogP contribution in [-0.4, -0.2) is 29.3 Å². The average Bonchev–Trinajstić information content (AvgIpc) is 2.39. The van der Waals surface area contributed by atoms with E-state index in [1.54, 1.807) is 11.0 Å². The summed E-state index contributed by atoms with van der Waals surface area (Å²) >= 11 is 8.98. The van der Waals surface area contributed by atoms with E-state index in [2.05, 4.69) is 15.9 Å². The van der Waals surface area contributed by atoms with Crippen LogP contribution in [0, 0.1) is 5.82 Å². The molecule has 1 atom stereocenters. The smallest absolute Gasteiger partial charge is 0.257 e. The van der Waals surface area contributed by atoms with Crippen molar-refractivity contribution in [3.05, 3.63) is 34.1 Å². The molecular weight excluding hydrogens is 333 g/mol. The first-order chi connectivity index (χ1) is 9.13. The van der Waals surface area contributed by atoms with E-state index < -0.39 is 5.82 Å². The second-order valence-electron chi connectivity index (χ2n) is 4.75. The summed E-state index contributed by atoms with van der Waals surface area (Å²) in [6.45, 7) is 0.690. The Balaban J connectivity index is 2.21. The van der Waals surface area contributed by atoms with E-state index in [1.165, 1.54) is 12.1 Å². The van der Waals surface area contributed by atoms with Crippen LogP contribution in [0.1, 0.15) is 36.0 Å². The quantitative estimate of drug-likeness (QED) is 0.749. The molecule has 1 aliphatic rings. The molecule has 1 aliphatic heterocycles. The Morgan fingerprint density at radius 2 is 2.26 bits per heavy atom. The van der Waals surface area contributed by atoms with E-state index in [0.717, 1.165) is 25.7 Å². The molecule has 0 bridgehead atoms. The van der Waals surface area contributed by atoms with E-state index in [4.69, 9.17) is 11.6 Å². The summed E-state index contributed by atoms with van der Waals surface area (Å²) in [5.41, 5.74) is 0.143. The van der Waals surface area contributed by atoms with E-state index in [-0.39, 0.29) is 17.5 Å². The van der Waals surface area contributed by atoms with Crippen molar-refractivity contribution in [3.8, 4) is 0 Å². The first kappa shape index (κ1) is 14.8. The number of alkyl halides is 1. The number of carbonyl (C=O) groups is 1. The molecule has 104 valence electrons. The van der Waals surface area contributed by atoms with Crippen molar-refractivity contribution >= 4 is 33.4 Å². The van der Waals surface area contributed by atoms with Crippen LogP contribution < -0.4 is 0 Å². The molecule has 2 rings (SSSR count). The highest BCUT2D eigenvalue weighted by Crippen LogP contribution is 2.24. The van der Waals surface area contributed by atoms with E-state index >= 15 is 0 Å². The van der Waals surface area contributed by atoms with Crippen molar-refractivity contribution < 1.29 is 9.18 Å². The van der Waals surface area contributed by atoms with Gasteiger partial charge in [-0.15, -0.1) is 11.6 Å². The number of hydrogen-bond acceptors (Lipinski definition) is 1. The number of nitrogens with zero attached hydrogens (tertiary/aromatic N) is 1. The normalized spacial score (nSPS) is 19.5. The Bertz CT molecular complexity index is 467. The Morgan fingerprint density at radius 3 is 2.95 bits per heavy atom. The Morgan fingerprint density at radius 1 is 1.47 bits per heavy atom. The van der Waals surface area contributed by atoms with Crippen LogP contribution >= 0.6 is 27.5 Å². The van der Waals surface area contributed by atoms with E-state index in [1.807, 2.05) is 0 Å². The zero-order valence-electron chi connectivity index (χ0n) is 10.5. The molecule has 1 aromatic carbocycles. The number of benzene rings is 1. The van der Waals surface area contributed by atoms with Gasteiger partial charge in [0.2, 0.25) is 0 Å². The highest BCUT2D eigenvalue weighted by Gasteiger charge is 2.28. The van der Waals surface area contributed by atoms with Gasteiger partial charge in [0.1, 0.15) is 5.82 Å². The molecule has 1 aromatic rings. The van der Waals surface area contributed by atoms with Gasteiger partial charge in [-0.25, -0.2) is 4.39 Å². The molecule has 1 fully saturated rings. The third-order valence-corrected chi connectivity index (χ3v) is 4.20. The fraction of sp³-hybridized carbons (Fsp3) is 0.500. The van der Waals surface area contributed by atoms with Gasteiger partial charge in [0.15, 0.2) is 0 Å². The molecule has 1 saturated heterocycles. The summed E-state index contributed by atoms with van der Waals surface area (Å²) in [6, 6.07) is 4.69. The first-order valence-corrected chi connectivity index (χ1v) is 7.78. The molecule has 0 spiro atoms. The summed E-state index contributed by atoms with van der Waals surface area (Å²) in [4.78, 5) is 14.2. The molecule has 0 aliphatic carbocycles. The van der Waals surface area contributed by atoms with Crippen LogP contribution in [0.25, 0.3) is 0 Å². The van der Waals surface area contributed by atoms with Crippen molar-refractivity contribution in [3.63, 3.8) is 0 Å². The number of likely N-dealkylation sites (tertiary alicyclic amines) is 1. The molecule has 1 amide bonds. The Labute approximate surface area is 126 Å². The molecule has 19 heavy (non-hydrogen) atoms. The van der Waals surface area contributed by atoms with Crippen LogP contribution in [0.2, 0.25) is 0 Å². The van der Waals surface area contributed by atoms with Crippen LogP contribution in [-0.2, 0) is 0 Å². The minimum absolute atomic E-state index is 0.141. The fourth-order valence-electron chi connectivity index (χ4n) is 2.51. The number of rotatable bonds is 3. The third-order valence-electron chi connectivity index (χ3n) is 3.49. The molecule has 1 unspecified atom stereocenters. The van der Waals surface area contributed by atoms with Gasteiger partial charge in [-0.3, -0.25) is 4.79 Å². The average molecular weight is 349 g/mol. The predicted molar refractivity (Wildman–Crippen MR) is 78.1 cm³/mol.